The normalized spacial score (nSPS) is 10.1. The maximum Gasteiger partial charge on any atom is 0.224 e. The second-order valence-corrected chi connectivity index (χ2v) is 3.75. The Labute approximate surface area is 98.5 Å². The van der Waals surface area contributed by atoms with Crippen LogP contribution >= 0.6 is 11.6 Å². The van der Waals surface area contributed by atoms with E-state index in [9.17, 15) is 0 Å². The standard InChI is InChI=1S/C11H11ClN4/c1-7-6-10(16-11(12)14-7)15-9-4-2-8(13)3-5-9/h2-6H,13H2,1H3,(H,14,15,16). The van der Waals surface area contributed by atoms with Gasteiger partial charge in [-0.1, -0.05) is 0 Å². The molecule has 82 valence electrons. The van der Waals surface area contributed by atoms with E-state index in [0.29, 0.717) is 5.82 Å². The van der Waals surface area contributed by atoms with Crippen molar-refractivity contribution >= 4 is 28.8 Å². The highest BCUT2D eigenvalue weighted by molar-refractivity contribution is 6.28. The van der Waals surface area contributed by atoms with Crippen LogP contribution in [0.4, 0.5) is 17.2 Å². The van der Waals surface area contributed by atoms with E-state index in [1.54, 1.807) is 0 Å². The summed E-state index contributed by atoms with van der Waals surface area (Å²) in [5.41, 5.74) is 8.04. The SMILES string of the molecule is Cc1cc(Nc2ccc(N)cc2)nc(Cl)n1. The summed E-state index contributed by atoms with van der Waals surface area (Å²) in [6.07, 6.45) is 0. The Balaban J connectivity index is 2.23. The molecule has 0 radical (unpaired) electrons. The van der Waals surface area contributed by atoms with E-state index in [1.807, 2.05) is 37.3 Å². The lowest BCUT2D eigenvalue weighted by molar-refractivity contribution is 1.10. The minimum Gasteiger partial charge on any atom is -0.399 e. The van der Waals surface area contributed by atoms with E-state index in [4.69, 9.17) is 17.3 Å². The number of aromatic nitrogens is 2. The van der Waals surface area contributed by atoms with Gasteiger partial charge in [0.25, 0.3) is 0 Å². The van der Waals surface area contributed by atoms with E-state index in [0.717, 1.165) is 17.1 Å². The second kappa shape index (κ2) is 4.37. The van der Waals surface area contributed by atoms with Gasteiger partial charge >= 0.3 is 0 Å². The van der Waals surface area contributed by atoms with Gasteiger partial charge in [0.1, 0.15) is 5.82 Å². The Kier molecular flexibility index (Phi) is 2.92. The van der Waals surface area contributed by atoms with E-state index in [2.05, 4.69) is 15.3 Å². The number of halogens is 1. The molecule has 0 aliphatic rings. The molecule has 0 amide bonds. The van der Waals surface area contributed by atoms with Crippen LogP contribution in [0.5, 0.6) is 0 Å². The van der Waals surface area contributed by atoms with Gasteiger partial charge < -0.3 is 11.1 Å². The summed E-state index contributed by atoms with van der Waals surface area (Å²) in [4.78, 5) is 8.05. The molecule has 3 N–H and O–H groups in total. The van der Waals surface area contributed by atoms with E-state index in [1.165, 1.54) is 0 Å². The van der Waals surface area contributed by atoms with Crippen LogP contribution in [0, 0.1) is 6.92 Å². The molecular weight excluding hydrogens is 224 g/mol. The third-order valence-corrected chi connectivity index (χ3v) is 2.18. The summed E-state index contributed by atoms with van der Waals surface area (Å²) < 4.78 is 0. The van der Waals surface area contributed by atoms with E-state index in [-0.39, 0.29) is 5.28 Å². The van der Waals surface area contributed by atoms with Crippen LogP contribution in [0.3, 0.4) is 0 Å². The second-order valence-electron chi connectivity index (χ2n) is 3.41. The number of rotatable bonds is 2. The van der Waals surface area contributed by atoms with Crippen LogP contribution in [-0.2, 0) is 0 Å². The van der Waals surface area contributed by atoms with Crippen LogP contribution in [0.15, 0.2) is 30.3 Å². The third kappa shape index (κ3) is 2.61. The molecule has 0 atom stereocenters. The molecule has 2 rings (SSSR count). The van der Waals surface area contributed by atoms with Gasteiger partial charge in [-0.05, 0) is 42.8 Å². The summed E-state index contributed by atoms with van der Waals surface area (Å²) in [6, 6.07) is 9.21. The third-order valence-electron chi connectivity index (χ3n) is 2.01. The van der Waals surface area contributed by atoms with Gasteiger partial charge in [-0.15, -0.1) is 0 Å². The molecule has 0 unspecified atom stereocenters. The summed E-state index contributed by atoms with van der Waals surface area (Å²) in [5.74, 6) is 0.669. The number of anilines is 3. The number of nitrogen functional groups attached to an aromatic ring is 1. The average molecular weight is 235 g/mol. The summed E-state index contributed by atoms with van der Waals surface area (Å²) in [7, 11) is 0. The van der Waals surface area contributed by atoms with Crippen LogP contribution in [0.1, 0.15) is 5.69 Å². The highest BCUT2D eigenvalue weighted by atomic mass is 35.5. The minimum atomic E-state index is 0.234. The Morgan fingerprint density at radius 2 is 1.88 bits per heavy atom. The molecule has 0 saturated heterocycles. The van der Waals surface area contributed by atoms with Crippen molar-refractivity contribution in [2.45, 2.75) is 6.92 Å². The number of hydrogen-bond donors (Lipinski definition) is 2. The zero-order valence-electron chi connectivity index (χ0n) is 8.74. The maximum absolute atomic E-state index is 5.76. The number of nitrogens with two attached hydrogens (primary N) is 1. The molecular formula is C11H11ClN4. The molecule has 5 heteroatoms. The highest BCUT2D eigenvalue weighted by Crippen LogP contribution is 2.17. The van der Waals surface area contributed by atoms with Crippen molar-refractivity contribution in [1.29, 1.82) is 0 Å². The van der Waals surface area contributed by atoms with Crippen molar-refractivity contribution < 1.29 is 0 Å². The van der Waals surface area contributed by atoms with Gasteiger partial charge in [0, 0.05) is 23.1 Å². The van der Waals surface area contributed by atoms with Crippen molar-refractivity contribution in [2.75, 3.05) is 11.1 Å². The number of nitrogens with zero attached hydrogens (tertiary/aromatic N) is 2. The van der Waals surface area contributed by atoms with Crippen molar-refractivity contribution in [3.05, 3.63) is 41.3 Å². The molecule has 2 aromatic rings. The topological polar surface area (TPSA) is 63.8 Å². The quantitative estimate of drug-likeness (QED) is 0.620. The average Bonchev–Trinajstić information content (AvgIpc) is 2.20. The molecule has 1 aromatic carbocycles. The van der Waals surface area contributed by atoms with Gasteiger partial charge in [0.05, 0.1) is 0 Å². The first-order chi connectivity index (χ1) is 7.63. The van der Waals surface area contributed by atoms with Crippen LogP contribution in [-0.4, -0.2) is 9.97 Å². The molecule has 0 aliphatic heterocycles. The monoisotopic (exact) mass is 234 g/mol. The van der Waals surface area contributed by atoms with Crippen LogP contribution in [0.25, 0.3) is 0 Å². The molecule has 0 fully saturated rings. The predicted molar refractivity (Wildman–Crippen MR) is 65.9 cm³/mol. The lowest BCUT2D eigenvalue weighted by atomic mass is 10.3. The van der Waals surface area contributed by atoms with Crippen molar-refractivity contribution in [3.8, 4) is 0 Å². The van der Waals surface area contributed by atoms with Crippen molar-refractivity contribution in [2.24, 2.45) is 0 Å². The fourth-order valence-electron chi connectivity index (χ4n) is 1.31. The highest BCUT2D eigenvalue weighted by Gasteiger charge is 2.00. The number of hydrogen-bond acceptors (Lipinski definition) is 4. The number of aryl methyl sites for hydroxylation is 1. The molecule has 1 heterocycles. The smallest absolute Gasteiger partial charge is 0.224 e. The van der Waals surface area contributed by atoms with E-state index < -0.39 is 0 Å². The predicted octanol–water partition coefficient (Wildman–Crippen LogP) is 2.76. The summed E-state index contributed by atoms with van der Waals surface area (Å²) in [5, 5.41) is 3.36. The van der Waals surface area contributed by atoms with E-state index >= 15 is 0 Å². The summed E-state index contributed by atoms with van der Waals surface area (Å²) in [6.45, 7) is 1.86. The number of benzene rings is 1. The molecule has 16 heavy (non-hydrogen) atoms. The first-order valence-corrected chi connectivity index (χ1v) is 5.15. The molecule has 1 aromatic heterocycles. The molecule has 0 spiro atoms. The maximum atomic E-state index is 5.76. The van der Waals surface area contributed by atoms with Gasteiger partial charge in [-0.2, -0.15) is 0 Å². The van der Waals surface area contributed by atoms with Crippen molar-refractivity contribution in [3.63, 3.8) is 0 Å². The Hall–Kier alpha value is -1.81. The molecule has 0 saturated carbocycles. The number of nitrogens with one attached hydrogen (secondary N) is 1. The zero-order valence-corrected chi connectivity index (χ0v) is 9.49. The minimum absolute atomic E-state index is 0.234. The van der Waals surface area contributed by atoms with Gasteiger partial charge in [0.15, 0.2) is 0 Å². The fourth-order valence-corrected chi connectivity index (χ4v) is 1.54. The Morgan fingerprint density at radius 3 is 2.50 bits per heavy atom. The fraction of sp³-hybridized carbons (Fsp3) is 0.0909. The van der Waals surface area contributed by atoms with Gasteiger partial charge in [-0.25, -0.2) is 9.97 Å². The summed E-state index contributed by atoms with van der Waals surface area (Å²) >= 11 is 5.76. The lowest BCUT2D eigenvalue weighted by Crippen LogP contribution is -1.96. The van der Waals surface area contributed by atoms with Gasteiger partial charge in [0.2, 0.25) is 5.28 Å². The molecule has 4 nitrogen and oxygen atoms in total. The largest absolute Gasteiger partial charge is 0.399 e. The molecule has 0 bridgehead atoms. The zero-order chi connectivity index (χ0) is 11.5. The lowest BCUT2D eigenvalue weighted by Gasteiger charge is -2.06. The van der Waals surface area contributed by atoms with Crippen molar-refractivity contribution in [1.82, 2.24) is 9.97 Å². The Bertz CT molecular complexity index is 476. The first kappa shape index (κ1) is 10.7. The Morgan fingerprint density at radius 1 is 1.19 bits per heavy atom. The van der Waals surface area contributed by atoms with Crippen LogP contribution < -0.4 is 11.1 Å². The first-order valence-electron chi connectivity index (χ1n) is 4.77. The van der Waals surface area contributed by atoms with Crippen LogP contribution in [0.2, 0.25) is 5.28 Å². The molecule has 0 aliphatic carbocycles. The van der Waals surface area contributed by atoms with Gasteiger partial charge in [-0.3, -0.25) is 0 Å².